The largest absolute Gasteiger partial charge is 0.427 e. The minimum absolute atomic E-state index is 0.206. The van der Waals surface area contributed by atoms with Crippen molar-refractivity contribution < 1.29 is 19.7 Å². The molecule has 2 rings (SSSR count). The van der Waals surface area contributed by atoms with E-state index in [1.165, 1.54) is 17.6 Å². The summed E-state index contributed by atoms with van der Waals surface area (Å²) in [6, 6.07) is 0.356. The summed E-state index contributed by atoms with van der Waals surface area (Å²) in [5.74, 6) is -0.817. The van der Waals surface area contributed by atoms with Crippen LogP contribution in [0.2, 0.25) is 0 Å². The molecule has 0 aliphatic carbocycles. The zero-order valence-electron chi connectivity index (χ0n) is 9.72. The van der Waals surface area contributed by atoms with Gasteiger partial charge in [-0.05, 0) is 22.0 Å². The van der Waals surface area contributed by atoms with Gasteiger partial charge in [0.25, 0.3) is 5.91 Å². The molecule has 1 atom stereocenters. The normalized spacial score (nSPS) is 19.1. The molecule has 0 radical (unpaired) electrons. The maximum atomic E-state index is 11.9. The van der Waals surface area contributed by atoms with Crippen LogP contribution < -0.4 is 16.3 Å². The first-order valence-corrected chi connectivity index (χ1v) is 6.29. The molecule has 1 aromatic heterocycles. The SMILES string of the molecule is N=c1nc(Br)ccn1C(=O)[NH2+]C1CCC(=O)NC1=O. The third kappa shape index (κ3) is 3.12. The quantitative estimate of drug-likeness (QED) is 0.427. The van der Waals surface area contributed by atoms with Gasteiger partial charge in [-0.15, -0.1) is 0 Å². The molecule has 2 heterocycles. The lowest BCUT2D eigenvalue weighted by Gasteiger charge is -2.18. The third-order valence-electron chi connectivity index (χ3n) is 2.67. The number of carbonyl (C=O) groups excluding carboxylic acids is 3. The van der Waals surface area contributed by atoms with Crippen LogP contribution in [-0.4, -0.2) is 33.4 Å². The first-order valence-electron chi connectivity index (χ1n) is 5.50. The predicted molar refractivity (Wildman–Crippen MR) is 64.7 cm³/mol. The van der Waals surface area contributed by atoms with E-state index in [4.69, 9.17) is 5.41 Å². The molecular weight excluding hydrogens is 318 g/mol. The minimum atomic E-state index is -0.652. The first kappa shape index (κ1) is 13.6. The van der Waals surface area contributed by atoms with E-state index in [2.05, 4.69) is 26.2 Å². The fourth-order valence-corrected chi connectivity index (χ4v) is 1.98. The number of hydrogen-bond acceptors (Lipinski definition) is 5. The molecule has 1 fully saturated rings. The Morgan fingerprint density at radius 1 is 1.58 bits per heavy atom. The minimum Gasteiger partial charge on any atom is -0.291 e. The first-order chi connectivity index (χ1) is 8.97. The molecule has 19 heavy (non-hydrogen) atoms. The molecule has 1 aromatic rings. The zero-order valence-corrected chi connectivity index (χ0v) is 11.3. The number of nitrogens with two attached hydrogens (primary N) is 1. The molecule has 100 valence electrons. The van der Waals surface area contributed by atoms with Crippen molar-refractivity contribution in [3.63, 3.8) is 0 Å². The van der Waals surface area contributed by atoms with Gasteiger partial charge in [0.1, 0.15) is 4.60 Å². The van der Waals surface area contributed by atoms with E-state index < -0.39 is 18.0 Å². The Morgan fingerprint density at radius 2 is 2.32 bits per heavy atom. The van der Waals surface area contributed by atoms with Crippen LogP contribution in [0.3, 0.4) is 0 Å². The van der Waals surface area contributed by atoms with Gasteiger partial charge in [-0.1, -0.05) is 0 Å². The number of aromatic nitrogens is 2. The average Bonchev–Trinajstić information content (AvgIpc) is 2.32. The highest BCUT2D eigenvalue weighted by molar-refractivity contribution is 9.10. The molecule has 8 nitrogen and oxygen atoms in total. The van der Waals surface area contributed by atoms with E-state index in [-0.39, 0.29) is 17.9 Å². The van der Waals surface area contributed by atoms with Crippen LogP contribution >= 0.6 is 15.9 Å². The maximum Gasteiger partial charge on any atom is 0.427 e. The number of nitrogens with zero attached hydrogens (tertiary/aromatic N) is 2. The number of imide groups is 1. The topological polar surface area (TPSA) is 122 Å². The van der Waals surface area contributed by atoms with E-state index in [0.717, 1.165) is 4.57 Å². The Kier molecular flexibility index (Phi) is 3.86. The van der Waals surface area contributed by atoms with Crippen molar-refractivity contribution >= 4 is 33.8 Å². The van der Waals surface area contributed by atoms with Crippen molar-refractivity contribution in [3.8, 4) is 0 Å². The molecule has 4 N–H and O–H groups in total. The summed E-state index contributed by atoms with van der Waals surface area (Å²) in [5, 5.41) is 10.9. The van der Waals surface area contributed by atoms with Crippen molar-refractivity contribution in [2.75, 3.05) is 0 Å². The molecule has 9 heteroatoms. The van der Waals surface area contributed by atoms with E-state index >= 15 is 0 Å². The highest BCUT2D eigenvalue weighted by atomic mass is 79.9. The van der Waals surface area contributed by atoms with Crippen molar-refractivity contribution in [2.45, 2.75) is 18.9 Å². The standard InChI is InChI=1S/C10H10BrN5O3/c11-6-3-4-16(9(12)14-6)10(19)13-5-1-2-7(17)15-8(5)18/h3-5,12H,1-2H2,(H,13,19)(H,15,17,18)/p+1. The number of quaternary nitrogens is 1. The summed E-state index contributed by atoms with van der Waals surface area (Å²) in [4.78, 5) is 38.2. The molecule has 0 saturated carbocycles. The molecule has 0 spiro atoms. The van der Waals surface area contributed by atoms with Crippen LogP contribution in [0.5, 0.6) is 0 Å². The van der Waals surface area contributed by atoms with Gasteiger partial charge in [0.05, 0.1) is 0 Å². The Bertz CT molecular complexity index is 611. The van der Waals surface area contributed by atoms with Gasteiger partial charge in [-0.25, -0.2) is 14.3 Å². The summed E-state index contributed by atoms with van der Waals surface area (Å²) in [5.41, 5.74) is -0.233. The molecule has 0 aromatic carbocycles. The Hall–Kier alpha value is -1.87. The number of primary amides is 1. The molecule has 1 unspecified atom stereocenters. The van der Waals surface area contributed by atoms with Gasteiger partial charge in [0.2, 0.25) is 11.5 Å². The van der Waals surface area contributed by atoms with Crippen LogP contribution in [-0.2, 0) is 9.59 Å². The van der Waals surface area contributed by atoms with Crippen LogP contribution in [0, 0.1) is 5.41 Å². The number of rotatable bonds is 1. The van der Waals surface area contributed by atoms with Gasteiger partial charge >= 0.3 is 6.03 Å². The van der Waals surface area contributed by atoms with E-state index in [1.807, 2.05) is 0 Å². The number of halogens is 1. The Morgan fingerprint density at radius 3 is 2.95 bits per heavy atom. The summed E-state index contributed by atoms with van der Waals surface area (Å²) < 4.78 is 1.47. The lowest BCUT2D eigenvalue weighted by molar-refractivity contribution is -0.583. The summed E-state index contributed by atoms with van der Waals surface area (Å²) in [7, 11) is 0. The summed E-state index contributed by atoms with van der Waals surface area (Å²) in [6.45, 7) is 0. The number of amides is 3. The van der Waals surface area contributed by atoms with Gasteiger partial charge in [-0.3, -0.25) is 25.6 Å². The van der Waals surface area contributed by atoms with E-state index in [0.29, 0.717) is 11.0 Å². The van der Waals surface area contributed by atoms with E-state index in [9.17, 15) is 14.4 Å². The van der Waals surface area contributed by atoms with Gasteiger partial charge < -0.3 is 0 Å². The highest BCUT2D eigenvalue weighted by Crippen LogP contribution is 2.01. The van der Waals surface area contributed by atoms with Gasteiger partial charge in [0, 0.05) is 19.0 Å². The van der Waals surface area contributed by atoms with Crippen molar-refractivity contribution in [1.29, 1.82) is 5.41 Å². The molecular formula is C10H11BrN5O3+. The average molecular weight is 329 g/mol. The predicted octanol–water partition coefficient (Wildman–Crippen LogP) is -1.54. The second-order valence-electron chi connectivity index (χ2n) is 4.01. The van der Waals surface area contributed by atoms with Gasteiger partial charge in [-0.2, -0.15) is 0 Å². The zero-order chi connectivity index (χ0) is 14.0. The number of hydrogen-bond donors (Lipinski definition) is 3. The van der Waals surface area contributed by atoms with Crippen molar-refractivity contribution in [2.24, 2.45) is 0 Å². The van der Waals surface area contributed by atoms with E-state index in [1.54, 1.807) is 0 Å². The van der Waals surface area contributed by atoms with Crippen LogP contribution in [0.25, 0.3) is 0 Å². The van der Waals surface area contributed by atoms with Crippen molar-refractivity contribution in [1.82, 2.24) is 14.9 Å². The number of nitrogens with one attached hydrogen (secondary N) is 2. The Balaban J connectivity index is 2.11. The van der Waals surface area contributed by atoms with Crippen molar-refractivity contribution in [3.05, 3.63) is 22.5 Å². The van der Waals surface area contributed by atoms with Crippen LogP contribution in [0.15, 0.2) is 16.9 Å². The lowest BCUT2D eigenvalue weighted by atomic mass is 10.1. The fraction of sp³-hybridized carbons (Fsp3) is 0.300. The lowest BCUT2D eigenvalue weighted by Crippen LogP contribution is -2.97. The van der Waals surface area contributed by atoms with Gasteiger partial charge in [0.15, 0.2) is 6.04 Å². The maximum absolute atomic E-state index is 11.9. The third-order valence-corrected chi connectivity index (χ3v) is 3.11. The molecule has 3 amide bonds. The fourth-order valence-electron chi connectivity index (χ4n) is 1.70. The molecule has 0 bridgehead atoms. The number of piperidine rings is 1. The highest BCUT2D eigenvalue weighted by Gasteiger charge is 2.32. The second-order valence-corrected chi connectivity index (χ2v) is 4.82. The second kappa shape index (κ2) is 5.41. The summed E-state index contributed by atoms with van der Waals surface area (Å²) >= 11 is 3.09. The smallest absolute Gasteiger partial charge is 0.291 e. The van der Waals surface area contributed by atoms with Crippen LogP contribution in [0.1, 0.15) is 12.8 Å². The molecule has 1 aliphatic heterocycles. The molecule has 1 aliphatic rings. The number of carbonyl (C=O) groups is 3. The monoisotopic (exact) mass is 328 g/mol. The van der Waals surface area contributed by atoms with Crippen LogP contribution in [0.4, 0.5) is 4.79 Å². The Labute approximate surface area is 115 Å². The molecule has 1 saturated heterocycles. The summed E-state index contributed by atoms with van der Waals surface area (Å²) in [6.07, 6.45) is 1.90.